The summed E-state index contributed by atoms with van der Waals surface area (Å²) in [7, 11) is 0. The summed E-state index contributed by atoms with van der Waals surface area (Å²) < 4.78 is 5.67. The van der Waals surface area contributed by atoms with E-state index < -0.39 is 0 Å². The second kappa shape index (κ2) is 5.17. The molecule has 3 rings (SSSR count). The number of amides is 1. The van der Waals surface area contributed by atoms with Gasteiger partial charge in [0.2, 0.25) is 5.91 Å². The maximum Gasteiger partial charge on any atom is 0.232 e. The van der Waals surface area contributed by atoms with Crippen molar-refractivity contribution in [2.45, 2.75) is 13.0 Å². The van der Waals surface area contributed by atoms with E-state index in [0.717, 1.165) is 5.56 Å². The fourth-order valence-corrected chi connectivity index (χ4v) is 2.14. The Labute approximate surface area is 116 Å². The van der Waals surface area contributed by atoms with Crippen molar-refractivity contribution in [3.63, 3.8) is 0 Å². The fraction of sp³-hybridized carbons (Fsp3) is 0.125. The molecular weight excluding hydrogens is 254 g/mol. The van der Waals surface area contributed by atoms with Crippen LogP contribution in [0.2, 0.25) is 0 Å². The van der Waals surface area contributed by atoms with E-state index in [2.05, 4.69) is 5.32 Å². The summed E-state index contributed by atoms with van der Waals surface area (Å²) in [6.07, 6.45) is -0.0861. The number of fused-ring (bicyclic) bond motifs is 1. The minimum absolute atomic E-state index is 0.0861. The molecule has 1 aliphatic heterocycles. The topological polar surface area (TPSA) is 55.4 Å². The maximum atomic E-state index is 11.7. The number of carbonyl (C=O) groups is 2. The van der Waals surface area contributed by atoms with Gasteiger partial charge < -0.3 is 10.1 Å². The normalized spacial score (nSPS) is 13.6. The van der Waals surface area contributed by atoms with Crippen LogP contribution in [-0.4, -0.2) is 11.7 Å². The number of benzene rings is 2. The fourth-order valence-electron chi connectivity index (χ4n) is 2.14. The van der Waals surface area contributed by atoms with Crippen LogP contribution in [0.4, 0.5) is 5.69 Å². The molecule has 4 heteroatoms. The van der Waals surface area contributed by atoms with Crippen molar-refractivity contribution in [3.8, 4) is 5.75 Å². The van der Waals surface area contributed by atoms with Gasteiger partial charge >= 0.3 is 0 Å². The smallest absolute Gasteiger partial charge is 0.232 e. The Balaban J connectivity index is 1.77. The first-order valence-electron chi connectivity index (χ1n) is 6.36. The Hall–Kier alpha value is -2.62. The van der Waals surface area contributed by atoms with Gasteiger partial charge in [0.25, 0.3) is 0 Å². The maximum absolute atomic E-state index is 11.7. The van der Waals surface area contributed by atoms with Crippen molar-refractivity contribution in [2.75, 3.05) is 5.32 Å². The standard InChI is InChI=1S/C16H13NO3/c18-15-9-16(19)17-14-8-12(6-7-13(14)15)20-10-11-4-2-1-3-5-11/h1-8H,9-10H2,(H,17,19). The molecule has 1 amide bonds. The number of hydrogen-bond acceptors (Lipinski definition) is 3. The Morgan fingerprint density at radius 2 is 1.85 bits per heavy atom. The van der Waals surface area contributed by atoms with Gasteiger partial charge in [-0.3, -0.25) is 9.59 Å². The Kier molecular flexibility index (Phi) is 3.21. The summed E-state index contributed by atoms with van der Waals surface area (Å²) in [6, 6.07) is 14.9. The molecule has 1 heterocycles. The zero-order chi connectivity index (χ0) is 13.9. The predicted octanol–water partition coefficient (Wildman–Crippen LogP) is 2.79. The summed E-state index contributed by atoms with van der Waals surface area (Å²) in [6.45, 7) is 0.446. The third-order valence-electron chi connectivity index (χ3n) is 3.13. The number of carbonyl (C=O) groups excluding carboxylic acids is 2. The Morgan fingerprint density at radius 3 is 2.65 bits per heavy atom. The van der Waals surface area contributed by atoms with Crippen molar-refractivity contribution in [1.29, 1.82) is 0 Å². The molecule has 0 spiro atoms. The van der Waals surface area contributed by atoms with Crippen molar-refractivity contribution in [3.05, 3.63) is 59.7 Å². The highest BCUT2D eigenvalue weighted by Crippen LogP contribution is 2.27. The monoisotopic (exact) mass is 267 g/mol. The summed E-state index contributed by atoms with van der Waals surface area (Å²) in [4.78, 5) is 23.0. The summed E-state index contributed by atoms with van der Waals surface area (Å²) in [5, 5.41) is 2.69. The van der Waals surface area contributed by atoms with Crippen LogP contribution >= 0.6 is 0 Å². The van der Waals surface area contributed by atoms with Gasteiger partial charge in [-0.1, -0.05) is 30.3 Å². The zero-order valence-corrected chi connectivity index (χ0v) is 10.8. The van der Waals surface area contributed by atoms with E-state index in [-0.39, 0.29) is 18.1 Å². The molecule has 20 heavy (non-hydrogen) atoms. The van der Waals surface area contributed by atoms with E-state index in [9.17, 15) is 9.59 Å². The molecule has 1 aliphatic rings. The lowest BCUT2D eigenvalue weighted by atomic mass is 10.0. The summed E-state index contributed by atoms with van der Waals surface area (Å²) in [5.41, 5.74) is 2.12. The van der Waals surface area contributed by atoms with Crippen LogP contribution in [0.1, 0.15) is 22.3 Å². The van der Waals surface area contributed by atoms with Crippen molar-refractivity contribution >= 4 is 17.4 Å². The van der Waals surface area contributed by atoms with E-state index in [0.29, 0.717) is 23.6 Å². The number of anilines is 1. The minimum atomic E-state index is -0.275. The molecule has 1 N–H and O–H groups in total. The molecule has 0 saturated heterocycles. The van der Waals surface area contributed by atoms with E-state index in [1.54, 1.807) is 18.2 Å². The van der Waals surface area contributed by atoms with Crippen LogP contribution in [0, 0.1) is 0 Å². The average Bonchev–Trinajstić information content (AvgIpc) is 2.45. The molecule has 0 fully saturated rings. The van der Waals surface area contributed by atoms with E-state index in [1.165, 1.54) is 0 Å². The minimum Gasteiger partial charge on any atom is -0.489 e. The van der Waals surface area contributed by atoms with Crippen LogP contribution in [0.15, 0.2) is 48.5 Å². The van der Waals surface area contributed by atoms with Crippen molar-refractivity contribution in [1.82, 2.24) is 0 Å². The lowest BCUT2D eigenvalue weighted by Crippen LogP contribution is -2.23. The van der Waals surface area contributed by atoms with Crippen LogP contribution < -0.4 is 10.1 Å². The third-order valence-corrected chi connectivity index (χ3v) is 3.13. The van der Waals surface area contributed by atoms with Gasteiger partial charge in [-0.15, -0.1) is 0 Å². The molecule has 0 aliphatic carbocycles. The van der Waals surface area contributed by atoms with Crippen LogP contribution in [0.5, 0.6) is 5.75 Å². The molecule has 4 nitrogen and oxygen atoms in total. The van der Waals surface area contributed by atoms with Crippen molar-refractivity contribution < 1.29 is 14.3 Å². The Bertz CT molecular complexity index is 665. The number of Topliss-reactive ketones (excluding diaryl/α,β-unsaturated/α-hetero) is 1. The number of hydrogen-bond donors (Lipinski definition) is 1. The highest BCUT2D eigenvalue weighted by molar-refractivity contribution is 6.18. The van der Waals surface area contributed by atoms with Crippen LogP contribution in [-0.2, 0) is 11.4 Å². The molecule has 0 unspecified atom stereocenters. The van der Waals surface area contributed by atoms with Gasteiger partial charge in [0.05, 0.1) is 12.1 Å². The van der Waals surface area contributed by atoms with Gasteiger partial charge in [0, 0.05) is 11.6 Å². The predicted molar refractivity (Wildman–Crippen MR) is 74.8 cm³/mol. The lowest BCUT2D eigenvalue weighted by molar-refractivity contribution is -0.115. The largest absolute Gasteiger partial charge is 0.489 e. The first-order valence-corrected chi connectivity index (χ1v) is 6.36. The highest BCUT2D eigenvalue weighted by atomic mass is 16.5. The Morgan fingerprint density at radius 1 is 1.05 bits per heavy atom. The van der Waals surface area contributed by atoms with Crippen LogP contribution in [0.3, 0.4) is 0 Å². The van der Waals surface area contributed by atoms with Gasteiger partial charge in [-0.25, -0.2) is 0 Å². The van der Waals surface area contributed by atoms with Gasteiger partial charge in [0.15, 0.2) is 5.78 Å². The SMILES string of the molecule is O=C1CC(=O)c2ccc(OCc3ccccc3)cc2N1. The van der Waals surface area contributed by atoms with E-state index in [4.69, 9.17) is 4.74 Å². The first-order chi connectivity index (χ1) is 9.72. The van der Waals surface area contributed by atoms with E-state index >= 15 is 0 Å². The quantitative estimate of drug-likeness (QED) is 0.870. The molecule has 100 valence electrons. The molecule has 0 atom stereocenters. The average molecular weight is 267 g/mol. The number of ketones is 1. The molecular formula is C16H13NO3. The summed E-state index contributed by atoms with van der Waals surface area (Å²) in [5.74, 6) is 0.198. The molecule has 2 aromatic rings. The number of nitrogens with one attached hydrogen (secondary N) is 1. The van der Waals surface area contributed by atoms with Gasteiger partial charge in [0.1, 0.15) is 12.4 Å². The zero-order valence-electron chi connectivity index (χ0n) is 10.8. The molecule has 0 aromatic heterocycles. The van der Waals surface area contributed by atoms with Gasteiger partial charge in [-0.2, -0.15) is 0 Å². The lowest BCUT2D eigenvalue weighted by Gasteiger charge is -2.16. The molecule has 0 bridgehead atoms. The third kappa shape index (κ3) is 2.54. The number of rotatable bonds is 3. The highest BCUT2D eigenvalue weighted by Gasteiger charge is 2.22. The molecule has 0 radical (unpaired) electrons. The molecule has 2 aromatic carbocycles. The second-order valence-corrected chi connectivity index (χ2v) is 4.63. The van der Waals surface area contributed by atoms with Gasteiger partial charge in [-0.05, 0) is 17.7 Å². The van der Waals surface area contributed by atoms with Crippen molar-refractivity contribution in [2.24, 2.45) is 0 Å². The number of ether oxygens (including phenoxy) is 1. The summed E-state index contributed by atoms with van der Waals surface area (Å²) >= 11 is 0. The van der Waals surface area contributed by atoms with Crippen LogP contribution in [0.25, 0.3) is 0 Å². The van der Waals surface area contributed by atoms with E-state index in [1.807, 2.05) is 30.3 Å². The first kappa shape index (κ1) is 12.4. The molecule has 0 saturated carbocycles. The second-order valence-electron chi connectivity index (χ2n) is 4.63.